The number of aliphatic carboxylic acids is 2. The molecular formula is C23H25F3N4O8. The number of piperazine rings is 1. The van der Waals surface area contributed by atoms with Crippen LogP contribution in [0.2, 0.25) is 0 Å². The summed E-state index contributed by atoms with van der Waals surface area (Å²) in [5, 5.41) is 18.1. The van der Waals surface area contributed by atoms with Crippen molar-refractivity contribution in [3.05, 3.63) is 29.3 Å². The van der Waals surface area contributed by atoms with E-state index in [0.29, 0.717) is 6.42 Å². The maximum atomic E-state index is 13.0. The first-order chi connectivity index (χ1) is 17.8. The van der Waals surface area contributed by atoms with Crippen LogP contribution in [0, 0.1) is 0 Å². The minimum atomic E-state index is -5.08. The lowest BCUT2D eigenvalue weighted by molar-refractivity contribution is -0.192. The maximum absolute atomic E-state index is 13.0. The molecule has 15 heteroatoms. The molecule has 1 aromatic carbocycles. The van der Waals surface area contributed by atoms with Gasteiger partial charge in [0.05, 0.1) is 11.1 Å². The van der Waals surface area contributed by atoms with Crippen LogP contribution in [0.25, 0.3) is 0 Å². The quantitative estimate of drug-likeness (QED) is 0.436. The number of carbonyl (C=O) groups excluding carboxylic acids is 4. The van der Waals surface area contributed by atoms with Crippen LogP contribution in [0.3, 0.4) is 0 Å². The second kappa shape index (κ2) is 11.6. The highest BCUT2D eigenvalue weighted by atomic mass is 19.4. The summed E-state index contributed by atoms with van der Waals surface area (Å²) in [4.78, 5) is 74.2. The van der Waals surface area contributed by atoms with Crippen molar-refractivity contribution in [1.29, 1.82) is 0 Å². The fourth-order valence-corrected chi connectivity index (χ4v) is 4.34. The molecule has 0 bridgehead atoms. The molecule has 3 heterocycles. The minimum Gasteiger partial charge on any atom is -0.481 e. The number of carbonyl (C=O) groups is 6. The van der Waals surface area contributed by atoms with E-state index >= 15 is 0 Å². The molecule has 4 amide bonds. The highest BCUT2D eigenvalue weighted by molar-refractivity contribution is 6.23. The number of nitrogens with one attached hydrogen (secondary N) is 1. The first-order valence-electron chi connectivity index (χ1n) is 11.6. The average molecular weight is 542 g/mol. The van der Waals surface area contributed by atoms with Gasteiger partial charge in [-0.2, -0.15) is 13.2 Å². The van der Waals surface area contributed by atoms with E-state index in [4.69, 9.17) is 15.0 Å². The second-order valence-electron chi connectivity index (χ2n) is 8.81. The number of alkyl halides is 3. The van der Waals surface area contributed by atoms with Crippen molar-refractivity contribution in [2.45, 2.75) is 37.9 Å². The van der Waals surface area contributed by atoms with Crippen molar-refractivity contribution in [1.82, 2.24) is 15.1 Å². The number of benzene rings is 1. The van der Waals surface area contributed by atoms with Gasteiger partial charge in [-0.25, -0.2) is 4.79 Å². The molecule has 1 unspecified atom stereocenters. The Kier molecular flexibility index (Phi) is 8.70. The highest BCUT2D eigenvalue weighted by Crippen LogP contribution is 2.31. The Morgan fingerprint density at radius 3 is 2.13 bits per heavy atom. The van der Waals surface area contributed by atoms with Gasteiger partial charge in [-0.3, -0.25) is 39.1 Å². The van der Waals surface area contributed by atoms with Gasteiger partial charge in [-0.15, -0.1) is 0 Å². The van der Waals surface area contributed by atoms with Gasteiger partial charge in [-0.05, 0) is 37.6 Å². The number of hydrogen-bond donors (Lipinski definition) is 3. The summed E-state index contributed by atoms with van der Waals surface area (Å²) in [5.41, 5.74) is 1.37. The zero-order valence-electron chi connectivity index (χ0n) is 20.0. The van der Waals surface area contributed by atoms with Gasteiger partial charge in [-0.1, -0.05) is 0 Å². The third kappa shape index (κ3) is 6.65. The number of amides is 4. The molecular weight excluding hydrogens is 517 g/mol. The first-order valence-corrected chi connectivity index (χ1v) is 11.6. The Morgan fingerprint density at radius 1 is 0.974 bits per heavy atom. The number of carboxylic acid groups (broad SMARTS) is 2. The van der Waals surface area contributed by atoms with Gasteiger partial charge in [0, 0.05) is 44.7 Å². The number of carboxylic acids is 2. The van der Waals surface area contributed by atoms with Crippen LogP contribution in [0.4, 0.5) is 18.9 Å². The molecule has 0 spiro atoms. The lowest BCUT2D eigenvalue weighted by Crippen LogP contribution is -2.54. The van der Waals surface area contributed by atoms with Crippen molar-refractivity contribution in [3.63, 3.8) is 0 Å². The molecule has 2 fully saturated rings. The first kappa shape index (κ1) is 28.6. The minimum absolute atomic E-state index is 0.0891. The van der Waals surface area contributed by atoms with Gasteiger partial charge in [0.15, 0.2) is 0 Å². The van der Waals surface area contributed by atoms with Crippen LogP contribution in [0.15, 0.2) is 18.2 Å². The molecule has 3 aliphatic heterocycles. The van der Waals surface area contributed by atoms with E-state index in [1.54, 1.807) is 18.2 Å². The number of halogens is 3. The highest BCUT2D eigenvalue weighted by Gasteiger charge is 2.44. The number of rotatable bonds is 6. The molecule has 0 radical (unpaired) electrons. The van der Waals surface area contributed by atoms with Gasteiger partial charge in [0.2, 0.25) is 11.8 Å². The Morgan fingerprint density at radius 2 is 1.58 bits per heavy atom. The van der Waals surface area contributed by atoms with E-state index in [2.05, 4.69) is 15.1 Å². The summed E-state index contributed by atoms with van der Waals surface area (Å²) >= 11 is 0. The zero-order valence-corrected chi connectivity index (χ0v) is 20.0. The van der Waals surface area contributed by atoms with Crippen LogP contribution >= 0.6 is 0 Å². The van der Waals surface area contributed by atoms with E-state index in [-0.39, 0.29) is 30.4 Å². The topological polar surface area (TPSA) is 165 Å². The molecule has 206 valence electrons. The summed E-state index contributed by atoms with van der Waals surface area (Å²) in [6.07, 6.45) is -4.09. The van der Waals surface area contributed by atoms with Crippen LogP contribution < -0.4 is 10.2 Å². The van der Waals surface area contributed by atoms with Crippen molar-refractivity contribution >= 4 is 41.3 Å². The Bertz CT molecular complexity index is 1150. The summed E-state index contributed by atoms with van der Waals surface area (Å²) in [7, 11) is 0. The third-order valence-corrected chi connectivity index (χ3v) is 6.27. The molecule has 3 N–H and O–H groups in total. The smallest absolute Gasteiger partial charge is 0.481 e. The van der Waals surface area contributed by atoms with E-state index < -0.39 is 47.8 Å². The summed E-state index contributed by atoms with van der Waals surface area (Å²) in [6, 6.07) is 4.15. The number of anilines is 1. The summed E-state index contributed by atoms with van der Waals surface area (Å²) < 4.78 is 31.7. The van der Waals surface area contributed by atoms with E-state index in [1.807, 2.05) is 0 Å². The number of nitrogens with zero attached hydrogens (tertiary/aromatic N) is 3. The van der Waals surface area contributed by atoms with Crippen LogP contribution in [0.5, 0.6) is 0 Å². The molecule has 4 rings (SSSR count). The molecule has 0 saturated carbocycles. The van der Waals surface area contributed by atoms with Gasteiger partial charge in [0.25, 0.3) is 11.8 Å². The molecule has 38 heavy (non-hydrogen) atoms. The normalized spacial score (nSPS) is 20.0. The van der Waals surface area contributed by atoms with Crippen molar-refractivity contribution in [3.8, 4) is 0 Å². The van der Waals surface area contributed by atoms with Crippen LogP contribution in [-0.4, -0.2) is 101 Å². The largest absolute Gasteiger partial charge is 0.490 e. The fourth-order valence-electron chi connectivity index (χ4n) is 4.34. The van der Waals surface area contributed by atoms with Crippen molar-refractivity contribution < 1.29 is 52.2 Å². The summed E-state index contributed by atoms with van der Waals surface area (Å²) in [6.45, 7) is 3.76. The molecule has 0 aromatic heterocycles. The molecule has 2 saturated heterocycles. The zero-order chi connectivity index (χ0) is 28.2. The standard InChI is InChI=1S/C21H24N4O6.C2HF3O2/c26-17-6-5-16(19(29)22-17)25-20(30)14-4-3-13(12-15(14)21(25)31)24-10-8-23(9-11-24)7-1-2-18(27)28;3-2(4,5)1(6)7/h3-4,12,16H,1-2,5-11H2,(H,27,28)(H,22,26,29);(H,6,7). The predicted molar refractivity (Wildman–Crippen MR) is 122 cm³/mol. The molecule has 0 aliphatic carbocycles. The monoisotopic (exact) mass is 542 g/mol. The lowest BCUT2D eigenvalue weighted by Gasteiger charge is -2.36. The number of imide groups is 2. The Balaban J connectivity index is 0.000000505. The number of fused-ring (bicyclic) bond motifs is 1. The third-order valence-electron chi connectivity index (χ3n) is 6.27. The Labute approximate surface area is 214 Å². The van der Waals surface area contributed by atoms with E-state index in [0.717, 1.165) is 43.3 Å². The number of piperidine rings is 1. The maximum Gasteiger partial charge on any atom is 0.490 e. The van der Waals surface area contributed by atoms with Gasteiger partial charge < -0.3 is 15.1 Å². The predicted octanol–water partition coefficient (Wildman–Crippen LogP) is 0.708. The summed E-state index contributed by atoms with van der Waals surface area (Å²) in [5.74, 6) is -5.59. The fraction of sp³-hybridized carbons (Fsp3) is 0.478. The average Bonchev–Trinajstić information content (AvgIpc) is 3.08. The molecule has 1 aromatic rings. The van der Waals surface area contributed by atoms with Crippen molar-refractivity contribution in [2.24, 2.45) is 0 Å². The Hall–Kier alpha value is -4.01. The van der Waals surface area contributed by atoms with E-state index in [9.17, 15) is 37.1 Å². The molecule has 12 nitrogen and oxygen atoms in total. The van der Waals surface area contributed by atoms with Gasteiger partial charge in [0.1, 0.15) is 6.04 Å². The second-order valence-corrected chi connectivity index (χ2v) is 8.81. The van der Waals surface area contributed by atoms with E-state index in [1.165, 1.54) is 0 Å². The molecule has 3 aliphatic rings. The number of hydrogen-bond acceptors (Lipinski definition) is 8. The SMILES string of the molecule is O=C(O)C(F)(F)F.O=C(O)CCCN1CCN(c2ccc3c(c2)C(=O)N(C2CCC(=O)NC2=O)C3=O)CC1. The lowest BCUT2D eigenvalue weighted by atomic mass is 10.0. The molecule has 1 atom stereocenters. The van der Waals surface area contributed by atoms with Gasteiger partial charge >= 0.3 is 18.1 Å². The van der Waals surface area contributed by atoms with Crippen LogP contribution in [0.1, 0.15) is 46.4 Å². The van der Waals surface area contributed by atoms with Crippen LogP contribution in [-0.2, 0) is 19.2 Å². The van der Waals surface area contributed by atoms with Crippen molar-refractivity contribution in [2.75, 3.05) is 37.6 Å².